The van der Waals surface area contributed by atoms with Crippen molar-refractivity contribution in [3.8, 4) is 0 Å². The van der Waals surface area contributed by atoms with E-state index in [1.54, 1.807) is 4.90 Å². The topological polar surface area (TPSA) is 72.8 Å². The lowest BCUT2D eigenvalue weighted by atomic mass is 10.0. The van der Waals surface area contributed by atoms with Crippen LogP contribution in [0.2, 0.25) is 0 Å². The van der Waals surface area contributed by atoms with Crippen molar-refractivity contribution in [3.05, 3.63) is 29.3 Å². The highest BCUT2D eigenvalue weighted by Crippen LogP contribution is 2.22. The van der Waals surface area contributed by atoms with E-state index in [0.717, 1.165) is 29.7 Å². The number of hydrogen-bond donors (Lipinski definition) is 3. The third-order valence-corrected chi connectivity index (χ3v) is 3.46. The van der Waals surface area contributed by atoms with Gasteiger partial charge in [0.25, 0.3) is 0 Å². The number of carbonyl (C=O) groups excluding carboxylic acids is 1. The molecule has 0 bridgehead atoms. The van der Waals surface area contributed by atoms with E-state index < -0.39 is 0 Å². The molecule has 0 aromatic heterocycles. The van der Waals surface area contributed by atoms with Crippen molar-refractivity contribution >= 4 is 11.6 Å². The standard InChI is InChI=1S/C16H26N2O3/c1-3-13-6-5-7-14(4-2)16(13)17-15(21)12-18(8-10-19)9-11-20/h5-7,19-20H,3-4,8-12H2,1-2H3,(H,17,21). The molecule has 0 atom stereocenters. The molecule has 0 spiro atoms. The van der Waals surface area contributed by atoms with E-state index in [2.05, 4.69) is 19.2 Å². The Morgan fingerprint density at radius 2 is 1.62 bits per heavy atom. The van der Waals surface area contributed by atoms with Gasteiger partial charge in [-0.1, -0.05) is 32.0 Å². The largest absolute Gasteiger partial charge is 0.395 e. The number of amides is 1. The summed E-state index contributed by atoms with van der Waals surface area (Å²) < 4.78 is 0. The lowest BCUT2D eigenvalue weighted by Gasteiger charge is -2.21. The molecule has 0 saturated carbocycles. The summed E-state index contributed by atoms with van der Waals surface area (Å²) in [5.41, 5.74) is 3.15. The Bertz CT molecular complexity index is 421. The van der Waals surface area contributed by atoms with Gasteiger partial charge in [-0.2, -0.15) is 0 Å². The third kappa shape index (κ3) is 5.46. The van der Waals surface area contributed by atoms with E-state index in [-0.39, 0.29) is 25.7 Å². The molecule has 0 aliphatic rings. The van der Waals surface area contributed by atoms with Crippen molar-refractivity contribution in [1.82, 2.24) is 4.90 Å². The van der Waals surface area contributed by atoms with Crippen molar-refractivity contribution in [2.24, 2.45) is 0 Å². The molecule has 0 saturated heterocycles. The average Bonchev–Trinajstić information content (AvgIpc) is 2.47. The average molecular weight is 294 g/mol. The molecule has 0 fully saturated rings. The summed E-state index contributed by atoms with van der Waals surface area (Å²) in [5.74, 6) is -0.118. The van der Waals surface area contributed by atoms with Crippen LogP contribution in [0.1, 0.15) is 25.0 Å². The first-order chi connectivity index (χ1) is 10.2. The molecule has 0 aliphatic heterocycles. The Morgan fingerprint density at radius 1 is 1.10 bits per heavy atom. The second-order valence-corrected chi connectivity index (χ2v) is 4.93. The number of nitrogens with zero attached hydrogens (tertiary/aromatic N) is 1. The normalized spacial score (nSPS) is 10.9. The molecule has 0 aliphatic carbocycles. The van der Waals surface area contributed by atoms with Crippen molar-refractivity contribution < 1.29 is 15.0 Å². The van der Waals surface area contributed by atoms with Crippen LogP contribution in [0.4, 0.5) is 5.69 Å². The van der Waals surface area contributed by atoms with Crippen LogP contribution in [-0.4, -0.2) is 53.9 Å². The number of nitrogens with one attached hydrogen (secondary N) is 1. The molecule has 0 heterocycles. The van der Waals surface area contributed by atoms with Gasteiger partial charge in [-0.25, -0.2) is 0 Å². The highest BCUT2D eigenvalue weighted by molar-refractivity contribution is 5.93. The predicted octanol–water partition coefficient (Wildman–Crippen LogP) is 1.04. The van der Waals surface area contributed by atoms with Crippen molar-refractivity contribution in [1.29, 1.82) is 0 Å². The fourth-order valence-corrected chi connectivity index (χ4v) is 2.34. The monoisotopic (exact) mass is 294 g/mol. The maximum Gasteiger partial charge on any atom is 0.238 e. The molecule has 3 N–H and O–H groups in total. The molecular weight excluding hydrogens is 268 g/mol. The van der Waals surface area contributed by atoms with Gasteiger partial charge in [-0.05, 0) is 24.0 Å². The number of carbonyl (C=O) groups is 1. The zero-order valence-electron chi connectivity index (χ0n) is 12.9. The van der Waals surface area contributed by atoms with Crippen LogP contribution in [-0.2, 0) is 17.6 Å². The second-order valence-electron chi connectivity index (χ2n) is 4.93. The SMILES string of the molecule is CCc1cccc(CC)c1NC(=O)CN(CCO)CCO. The fourth-order valence-electron chi connectivity index (χ4n) is 2.34. The minimum Gasteiger partial charge on any atom is -0.395 e. The van der Waals surface area contributed by atoms with E-state index in [9.17, 15) is 4.79 Å². The lowest BCUT2D eigenvalue weighted by molar-refractivity contribution is -0.117. The van der Waals surface area contributed by atoms with Crippen molar-refractivity contribution in [2.45, 2.75) is 26.7 Å². The predicted molar refractivity (Wildman–Crippen MR) is 84.4 cm³/mol. The molecule has 0 unspecified atom stereocenters. The van der Waals surface area contributed by atoms with Gasteiger partial charge >= 0.3 is 0 Å². The van der Waals surface area contributed by atoms with Crippen LogP contribution in [0.25, 0.3) is 0 Å². The Hall–Kier alpha value is -1.43. The van der Waals surface area contributed by atoms with Crippen LogP contribution in [0.15, 0.2) is 18.2 Å². The number of aliphatic hydroxyl groups is 2. The summed E-state index contributed by atoms with van der Waals surface area (Å²) in [6, 6.07) is 6.05. The van der Waals surface area contributed by atoms with Crippen molar-refractivity contribution in [2.75, 3.05) is 38.2 Å². The van der Waals surface area contributed by atoms with Crippen LogP contribution in [0.5, 0.6) is 0 Å². The number of rotatable bonds is 9. The minimum atomic E-state index is -0.118. The Labute approximate surface area is 126 Å². The van der Waals surface area contributed by atoms with Gasteiger partial charge in [-0.3, -0.25) is 9.69 Å². The molecule has 1 aromatic carbocycles. The van der Waals surface area contributed by atoms with E-state index in [4.69, 9.17) is 10.2 Å². The zero-order valence-corrected chi connectivity index (χ0v) is 12.9. The second kappa shape index (κ2) is 9.50. The molecule has 1 aromatic rings. The Morgan fingerprint density at radius 3 is 2.05 bits per heavy atom. The van der Waals surface area contributed by atoms with Gasteiger partial charge in [0.05, 0.1) is 19.8 Å². The van der Waals surface area contributed by atoms with Crippen molar-refractivity contribution in [3.63, 3.8) is 0 Å². The maximum absolute atomic E-state index is 12.2. The molecule has 118 valence electrons. The number of aliphatic hydroxyl groups excluding tert-OH is 2. The summed E-state index contributed by atoms with van der Waals surface area (Å²) in [5, 5.41) is 20.9. The van der Waals surface area contributed by atoms with E-state index in [1.807, 2.05) is 18.2 Å². The van der Waals surface area contributed by atoms with Gasteiger partial charge in [0.2, 0.25) is 5.91 Å². The lowest BCUT2D eigenvalue weighted by Crippen LogP contribution is -2.37. The van der Waals surface area contributed by atoms with E-state index >= 15 is 0 Å². The first-order valence-electron chi connectivity index (χ1n) is 7.50. The molecular formula is C16H26N2O3. The molecule has 5 nitrogen and oxygen atoms in total. The van der Waals surface area contributed by atoms with Gasteiger partial charge in [0, 0.05) is 18.8 Å². The Kier molecular flexibility index (Phi) is 7.97. The molecule has 21 heavy (non-hydrogen) atoms. The van der Waals surface area contributed by atoms with Crippen LogP contribution >= 0.6 is 0 Å². The van der Waals surface area contributed by atoms with Crippen LogP contribution in [0, 0.1) is 0 Å². The first kappa shape index (κ1) is 17.6. The number of benzene rings is 1. The Balaban J connectivity index is 2.77. The molecule has 1 rings (SSSR count). The summed E-state index contributed by atoms with van der Waals surface area (Å²) in [6.07, 6.45) is 1.72. The highest BCUT2D eigenvalue weighted by Gasteiger charge is 2.13. The zero-order chi connectivity index (χ0) is 15.7. The number of hydrogen-bond acceptors (Lipinski definition) is 4. The van der Waals surface area contributed by atoms with E-state index in [1.165, 1.54) is 0 Å². The van der Waals surface area contributed by atoms with Gasteiger partial charge in [0.15, 0.2) is 0 Å². The highest BCUT2D eigenvalue weighted by atomic mass is 16.3. The summed E-state index contributed by atoms with van der Waals surface area (Å²) in [6.45, 7) is 5.00. The minimum absolute atomic E-state index is 0.0287. The molecule has 5 heteroatoms. The van der Waals surface area contributed by atoms with Gasteiger partial charge in [0.1, 0.15) is 0 Å². The third-order valence-electron chi connectivity index (χ3n) is 3.46. The van der Waals surface area contributed by atoms with E-state index in [0.29, 0.717) is 13.1 Å². The quantitative estimate of drug-likeness (QED) is 0.636. The van der Waals surface area contributed by atoms with Crippen LogP contribution < -0.4 is 5.32 Å². The smallest absolute Gasteiger partial charge is 0.238 e. The maximum atomic E-state index is 12.2. The summed E-state index contributed by atoms with van der Waals surface area (Å²) >= 11 is 0. The number of anilines is 1. The van der Waals surface area contributed by atoms with Gasteiger partial charge < -0.3 is 15.5 Å². The van der Waals surface area contributed by atoms with Crippen LogP contribution in [0.3, 0.4) is 0 Å². The molecule has 1 amide bonds. The fraction of sp³-hybridized carbons (Fsp3) is 0.562. The molecule has 0 radical (unpaired) electrons. The first-order valence-corrected chi connectivity index (χ1v) is 7.50. The number of para-hydroxylation sites is 1. The van der Waals surface area contributed by atoms with Gasteiger partial charge in [-0.15, -0.1) is 0 Å². The summed E-state index contributed by atoms with van der Waals surface area (Å²) in [7, 11) is 0. The number of aryl methyl sites for hydroxylation is 2. The summed E-state index contributed by atoms with van der Waals surface area (Å²) in [4.78, 5) is 13.9.